The number of hydrogen-bond acceptors (Lipinski definition) is 7. The van der Waals surface area contributed by atoms with Gasteiger partial charge in [0.2, 0.25) is 0 Å². The van der Waals surface area contributed by atoms with Crippen molar-refractivity contribution < 1.29 is 4.74 Å². The summed E-state index contributed by atoms with van der Waals surface area (Å²) in [5, 5.41) is 4.64. The summed E-state index contributed by atoms with van der Waals surface area (Å²) in [5.41, 5.74) is 10.2. The Morgan fingerprint density at radius 1 is 1.12 bits per heavy atom. The van der Waals surface area contributed by atoms with Gasteiger partial charge in [-0.1, -0.05) is 0 Å². The molecule has 0 atom stereocenters. The van der Waals surface area contributed by atoms with Gasteiger partial charge in [-0.3, -0.25) is 4.79 Å². The Kier molecular flexibility index (Phi) is 5.20. The van der Waals surface area contributed by atoms with Gasteiger partial charge in [-0.15, -0.1) is 0 Å². The summed E-state index contributed by atoms with van der Waals surface area (Å²) in [6.45, 7) is 5.21. The van der Waals surface area contributed by atoms with Gasteiger partial charge in [0.05, 0.1) is 24.3 Å². The van der Waals surface area contributed by atoms with Crippen molar-refractivity contribution in [1.29, 1.82) is 0 Å². The van der Waals surface area contributed by atoms with Crippen LogP contribution in [0.25, 0.3) is 22.0 Å². The molecule has 0 unspecified atom stereocenters. The zero-order chi connectivity index (χ0) is 22.1. The van der Waals surface area contributed by atoms with Crippen molar-refractivity contribution in [2.45, 2.75) is 6.92 Å². The molecule has 0 saturated carbocycles. The van der Waals surface area contributed by atoms with Gasteiger partial charge in [-0.25, -0.2) is 9.97 Å². The van der Waals surface area contributed by atoms with Crippen LogP contribution in [0.4, 0.5) is 23.0 Å². The number of nitrogen functional groups attached to an aromatic ring is 1. The van der Waals surface area contributed by atoms with Crippen molar-refractivity contribution >= 4 is 33.8 Å². The first kappa shape index (κ1) is 20.0. The molecule has 1 aliphatic heterocycles. The normalized spacial score (nSPS) is 14.0. The number of H-pyrrole nitrogens is 1. The van der Waals surface area contributed by atoms with Gasteiger partial charge in [0.15, 0.2) is 0 Å². The molecular formula is C24H24N6O2. The van der Waals surface area contributed by atoms with Crippen LogP contribution >= 0.6 is 0 Å². The molecule has 0 aliphatic carbocycles. The lowest BCUT2D eigenvalue weighted by Crippen LogP contribution is -2.36. The van der Waals surface area contributed by atoms with Gasteiger partial charge in [-0.05, 0) is 60.3 Å². The van der Waals surface area contributed by atoms with E-state index >= 15 is 0 Å². The quantitative estimate of drug-likeness (QED) is 0.457. The van der Waals surface area contributed by atoms with Crippen LogP contribution in [0.5, 0.6) is 0 Å². The zero-order valence-electron chi connectivity index (χ0n) is 17.8. The molecular weight excluding hydrogens is 404 g/mol. The summed E-state index contributed by atoms with van der Waals surface area (Å²) < 4.78 is 5.43. The van der Waals surface area contributed by atoms with Crippen LogP contribution in [-0.4, -0.2) is 41.3 Å². The maximum absolute atomic E-state index is 12.6. The number of hydrogen-bond donors (Lipinski definition) is 3. The Balaban J connectivity index is 1.54. The molecule has 1 fully saturated rings. The number of aromatic amines is 1. The van der Waals surface area contributed by atoms with E-state index in [1.165, 1.54) is 0 Å². The Morgan fingerprint density at radius 3 is 2.66 bits per heavy atom. The molecule has 0 spiro atoms. The Morgan fingerprint density at radius 2 is 1.91 bits per heavy atom. The second-order valence-corrected chi connectivity index (χ2v) is 7.82. The van der Waals surface area contributed by atoms with Crippen molar-refractivity contribution in [3.8, 4) is 11.3 Å². The number of morpholine rings is 1. The lowest BCUT2D eigenvalue weighted by molar-refractivity contribution is 0.122. The molecule has 1 aromatic carbocycles. The summed E-state index contributed by atoms with van der Waals surface area (Å²) in [6.07, 6.45) is 3.36. The van der Waals surface area contributed by atoms with Gasteiger partial charge < -0.3 is 25.7 Å². The van der Waals surface area contributed by atoms with Crippen LogP contribution in [0.1, 0.15) is 5.56 Å². The fourth-order valence-electron chi connectivity index (χ4n) is 4.00. The van der Waals surface area contributed by atoms with Gasteiger partial charge in [0, 0.05) is 42.4 Å². The molecule has 32 heavy (non-hydrogen) atoms. The number of pyridine rings is 3. The molecule has 8 heteroatoms. The largest absolute Gasteiger partial charge is 0.384 e. The monoisotopic (exact) mass is 428 g/mol. The van der Waals surface area contributed by atoms with E-state index in [2.05, 4.69) is 32.3 Å². The van der Waals surface area contributed by atoms with Gasteiger partial charge in [-0.2, -0.15) is 0 Å². The summed E-state index contributed by atoms with van der Waals surface area (Å²) >= 11 is 0. The van der Waals surface area contributed by atoms with E-state index in [1.54, 1.807) is 12.4 Å². The highest BCUT2D eigenvalue weighted by Crippen LogP contribution is 2.30. The molecule has 4 heterocycles. The molecule has 3 aromatic heterocycles. The van der Waals surface area contributed by atoms with Crippen molar-refractivity contribution in [1.82, 2.24) is 15.0 Å². The first-order valence-electron chi connectivity index (χ1n) is 10.5. The predicted octanol–water partition coefficient (Wildman–Crippen LogP) is 3.46. The minimum absolute atomic E-state index is 0.193. The highest BCUT2D eigenvalue weighted by Gasteiger charge is 2.14. The predicted molar refractivity (Wildman–Crippen MR) is 128 cm³/mol. The summed E-state index contributed by atoms with van der Waals surface area (Å²) in [4.78, 5) is 26.7. The number of ether oxygens (including phenoxy) is 1. The topological polar surface area (TPSA) is 109 Å². The maximum atomic E-state index is 12.6. The van der Waals surface area contributed by atoms with Crippen molar-refractivity contribution in [3.05, 3.63) is 70.8 Å². The lowest BCUT2D eigenvalue weighted by atomic mass is 10.1. The van der Waals surface area contributed by atoms with Crippen molar-refractivity contribution in [2.75, 3.05) is 42.3 Å². The summed E-state index contributed by atoms with van der Waals surface area (Å²) in [5.74, 6) is 0.955. The van der Waals surface area contributed by atoms with E-state index in [4.69, 9.17) is 15.5 Å². The minimum Gasteiger partial charge on any atom is -0.384 e. The zero-order valence-corrected chi connectivity index (χ0v) is 17.8. The first-order chi connectivity index (χ1) is 15.6. The average Bonchev–Trinajstić information content (AvgIpc) is 2.80. The molecule has 8 nitrogen and oxygen atoms in total. The second-order valence-electron chi connectivity index (χ2n) is 7.82. The Hall–Kier alpha value is -3.91. The van der Waals surface area contributed by atoms with E-state index in [1.807, 2.05) is 37.3 Å². The SMILES string of the molecule is Cc1cc(N)ncc1-c1cc2cc[nH]c(=O)c2c(Nc2ccc(N3CCOCC3)cc2)n1. The van der Waals surface area contributed by atoms with E-state index in [0.717, 1.165) is 59.9 Å². The molecule has 5 rings (SSSR count). The van der Waals surface area contributed by atoms with Crippen molar-refractivity contribution in [3.63, 3.8) is 0 Å². The molecule has 4 aromatic rings. The van der Waals surface area contributed by atoms with E-state index in [0.29, 0.717) is 17.0 Å². The molecule has 1 aliphatic rings. The molecule has 0 radical (unpaired) electrons. The fraction of sp³-hybridized carbons (Fsp3) is 0.208. The van der Waals surface area contributed by atoms with Crippen molar-refractivity contribution in [2.24, 2.45) is 0 Å². The summed E-state index contributed by atoms with van der Waals surface area (Å²) in [7, 11) is 0. The van der Waals surface area contributed by atoms with Crippen LogP contribution in [-0.2, 0) is 4.74 Å². The van der Waals surface area contributed by atoms with E-state index in [-0.39, 0.29) is 5.56 Å². The third-order valence-electron chi connectivity index (χ3n) is 5.67. The molecule has 0 amide bonds. The number of nitrogens with zero attached hydrogens (tertiary/aromatic N) is 3. The highest BCUT2D eigenvalue weighted by atomic mass is 16.5. The number of nitrogens with one attached hydrogen (secondary N) is 2. The fourth-order valence-corrected chi connectivity index (χ4v) is 4.00. The maximum Gasteiger partial charge on any atom is 0.259 e. The molecule has 4 N–H and O–H groups in total. The van der Waals surface area contributed by atoms with Gasteiger partial charge >= 0.3 is 0 Å². The van der Waals surface area contributed by atoms with E-state index < -0.39 is 0 Å². The lowest BCUT2D eigenvalue weighted by Gasteiger charge is -2.28. The van der Waals surface area contributed by atoms with Crippen LogP contribution in [0.3, 0.4) is 0 Å². The molecule has 1 saturated heterocycles. The summed E-state index contributed by atoms with van der Waals surface area (Å²) in [6, 6.07) is 13.7. The molecule has 0 bridgehead atoms. The number of aromatic nitrogens is 3. The molecule has 162 valence electrons. The van der Waals surface area contributed by atoms with Gasteiger partial charge in [0.25, 0.3) is 5.56 Å². The number of fused-ring (bicyclic) bond motifs is 1. The van der Waals surface area contributed by atoms with E-state index in [9.17, 15) is 4.79 Å². The number of rotatable bonds is 4. The number of aryl methyl sites for hydroxylation is 1. The minimum atomic E-state index is -0.193. The van der Waals surface area contributed by atoms with Crippen LogP contribution < -0.4 is 21.5 Å². The number of nitrogens with two attached hydrogens (primary N) is 1. The van der Waals surface area contributed by atoms with Gasteiger partial charge in [0.1, 0.15) is 11.6 Å². The number of benzene rings is 1. The first-order valence-corrected chi connectivity index (χ1v) is 10.5. The van der Waals surface area contributed by atoms with Crippen LogP contribution in [0.15, 0.2) is 59.7 Å². The standard InChI is InChI=1S/C24H24N6O2/c1-15-12-21(25)27-14-19(15)20-13-16-6-7-26-24(31)22(16)23(29-20)28-17-2-4-18(5-3-17)30-8-10-32-11-9-30/h2-7,12-14H,8-11H2,1H3,(H2,25,27)(H,26,31)(H,28,29). The Labute approximate surface area is 185 Å². The van der Waals surface area contributed by atoms with Crippen LogP contribution in [0, 0.1) is 6.92 Å². The second kappa shape index (κ2) is 8.32. The Bertz CT molecular complexity index is 1330. The van der Waals surface area contributed by atoms with Crippen LogP contribution in [0.2, 0.25) is 0 Å². The average molecular weight is 428 g/mol. The number of anilines is 4. The third-order valence-corrected chi connectivity index (χ3v) is 5.67. The third kappa shape index (κ3) is 3.88. The highest BCUT2D eigenvalue weighted by molar-refractivity contribution is 5.95. The smallest absolute Gasteiger partial charge is 0.259 e.